The van der Waals surface area contributed by atoms with Crippen LogP contribution in [0, 0.1) is 0 Å². The molecule has 2 nitrogen and oxygen atoms in total. The SMILES string of the molecule is CC1C=CC(C)P12(c1ccccc1)Oc1c(c3ccccc3c3ccccc13)O2. The summed E-state index contributed by atoms with van der Waals surface area (Å²) in [7, 11) is -3.26. The van der Waals surface area contributed by atoms with Crippen molar-refractivity contribution >= 4 is 33.9 Å². The summed E-state index contributed by atoms with van der Waals surface area (Å²) in [6.07, 6.45) is 4.57. The van der Waals surface area contributed by atoms with Crippen LogP contribution in [0.5, 0.6) is 11.5 Å². The molecule has 2 unspecified atom stereocenters. The summed E-state index contributed by atoms with van der Waals surface area (Å²) in [6, 6.07) is 27.7. The zero-order chi connectivity index (χ0) is 19.7. The maximum atomic E-state index is 7.22. The van der Waals surface area contributed by atoms with Crippen LogP contribution in [0.4, 0.5) is 0 Å². The normalized spacial score (nSPS) is 24.7. The predicted molar refractivity (Wildman–Crippen MR) is 124 cm³/mol. The van der Waals surface area contributed by atoms with Gasteiger partial charge < -0.3 is 0 Å². The third-order valence-corrected chi connectivity index (χ3v) is 12.7. The molecule has 0 saturated heterocycles. The van der Waals surface area contributed by atoms with Crippen LogP contribution < -0.4 is 14.4 Å². The van der Waals surface area contributed by atoms with Crippen LogP contribution in [-0.4, -0.2) is 11.3 Å². The molecule has 0 aliphatic carbocycles. The number of hydrogen-bond donors (Lipinski definition) is 0. The Bertz CT molecular complexity index is 1230. The number of rotatable bonds is 1. The van der Waals surface area contributed by atoms with Gasteiger partial charge in [-0.25, -0.2) is 0 Å². The van der Waals surface area contributed by atoms with E-state index in [1.807, 2.05) is 0 Å². The molecule has 0 amide bonds. The summed E-state index contributed by atoms with van der Waals surface area (Å²) in [5, 5.41) is 5.87. The van der Waals surface area contributed by atoms with Crippen molar-refractivity contribution in [2.45, 2.75) is 25.2 Å². The Hall–Kier alpha value is -2.83. The second-order valence-corrected chi connectivity index (χ2v) is 12.9. The summed E-state index contributed by atoms with van der Waals surface area (Å²) in [4.78, 5) is 0. The van der Waals surface area contributed by atoms with Gasteiger partial charge in [-0.05, 0) is 0 Å². The molecule has 6 rings (SSSR count). The van der Waals surface area contributed by atoms with Gasteiger partial charge >= 0.3 is 171 Å². The van der Waals surface area contributed by atoms with Gasteiger partial charge in [0.05, 0.1) is 0 Å². The van der Waals surface area contributed by atoms with E-state index in [1.54, 1.807) is 0 Å². The summed E-state index contributed by atoms with van der Waals surface area (Å²) >= 11 is 0. The van der Waals surface area contributed by atoms with E-state index in [2.05, 4.69) is 105 Å². The standard InChI is InChI=1S/C26H23O2P/c1-18-16-17-19(2)29(18,20-10-4-3-5-11-20)27-25-23-14-8-6-12-21(23)22-13-7-9-15-24(22)26(25)28-29/h3-19H,1-2H3. The van der Waals surface area contributed by atoms with E-state index >= 15 is 0 Å². The molecule has 0 aromatic heterocycles. The fourth-order valence-corrected chi connectivity index (χ4v) is 10.6. The molecule has 2 aliphatic rings. The molecular weight excluding hydrogens is 375 g/mol. The van der Waals surface area contributed by atoms with E-state index in [4.69, 9.17) is 9.05 Å². The number of fused-ring (bicyclic) bond motifs is 6. The maximum absolute atomic E-state index is 7.22. The van der Waals surface area contributed by atoms with E-state index in [0.29, 0.717) is 0 Å². The molecule has 0 N–H and O–H groups in total. The molecule has 3 heteroatoms. The zero-order valence-corrected chi connectivity index (χ0v) is 17.5. The van der Waals surface area contributed by atoms with Gasteiger partial charge in [-0.15, -0.1) is 0 Å². The topological polar surface area (TPSA) is 18.5 Å². The summed E-state index contributed by atoms with van der Waals surface area (Å²) in [5.74, 6) is 1.81. The fourth-order valence-electron chi connectivity index (χ4n) is 5.30. The van der Waals surface area contributed by atoms with Gasteiger partial charge in [0.2, 0.25) is 0 Å². The van der Waals surface area contributed by atoms with Crippen LogP contribution in [0.3, 0.4) is 0 Å². The molecule has 29 heavy (non-hydrogen) atoms. The Kier molecular flexibility index (Phi) is 3.30. The van der Waals surface area contributed by atoms with Crippen LogP contribution >= 0.6 is 7.06 Å². The van der Waals surface area contributed by atoms with Gasteiger partial charge in [0.25, 0.3) is 0 Å². The first-order valence-corrected chi connectivity index (χ1v) is 12.4. The molecule has 2 heterocycles. The quantitative estimate of drug-likeness (QED) is 0.199. The molecule has 4 aromatic carbocycles. The Morgan fingerprint density at radius 1 is 0.552 bits per heavy atom. The Labute approximate surface area is 170 Å². The molecule has 1 spiro atoms. The summed E-state index contributed by atoms with van der Waals surface area (Å²) in [5.41, 5.74) is 0.367. The van der Waals surface area contributed by atoms with Crippen molar-refractivity contribution in [3.05, 3.63) is 91.0 Å². The molecule has 0 bridgehead atoms. The summed E-state index contributed by atoms with van der Waals surface area (Å²) < 4.78 is 14.4. The monoisotopic (exact) mass is 398 g/mol. The van der Waals surface area contributed by atoms with Crippen molar-refractivity contribution in [3.8, 4) is 11.5 Å². The van der Waals surface area contributed by atoms with E-state index in [1.165, 1.54) is 16.1 Å². The van der Waals surface area contributed by atoms with Crippen molar-refractivity contribution in [1.29, 1.82) is 0 Å². The van der Waals surface area contributed by atoms with E-state index in [-0.39, 0.29) is 11.3 Å². The summed E-state index contributed by atoms with van der Waals surface area (Å²) in [6.45, 7) is 4.50. The Morgan fingerprint density at radius 2 is 0.966 bits per heavy atom. The van der Waals surface area contributed by atoms with Gasteiger partial charge in [-0.3, -0.25) is 0 Å². The number of allylic oxidation sites excluding steroid dienone is 2. The van der Waals surface area contributed by atoms with Crippen molar-refractivity contribution < 1.29 is 9.05 Å². The first-order valence-electron chi connectivity index (χ1n) is 10.2. The Balaban J connectivity index is 1.75. The van der Waals surface area contributed by atoms with E-state index in [9.17, 15) is 0 Å². The van der Waals surface area contributed by atoms with Crippen LogP contribution in [0.1, 0.15) is 13.8 Å². The third-order valence-electron chi connectivity index (χ3n) is 6.87. The minimum absolute atomic E-state index is 0.184. The second kappa shape index (κ2) is 5.62. The molecule has 2 atom stereocenters. The van der Waals surface area contributed by atoms with Gasteiger partial charge in [0, 0.05) is 0 Å². The van der Waals surface area contributed by atoms with Gasteiger partial charge in [0.1, 0.15) is 0 Å². The molecule has 4 aromatic rings. The average Bonchev–Trinajstić information content (AvgIpc) is 3.29. The van der Waals surface area contributed by atoms with Crippen molar-refractivity contribution in [3.63, 3.8) is 0 Å². The molecule has 0 saturated carbocycles. The third kappa shape index (κ3) is 1.91. The average molecular weight is 398 g/mol. The van der Waals surface area contributed by atoms with Gasteiger partial charge in [-0.2, -0.15) is 0 Å². The van der Waals surface area contributed by atoms with Crippen LogP contribution in [0.25, 0.3) is 21.5 Å². The van der Waals surface area contributed by atoms with Crippen molar-refractivity contribution in [2.75, 3.05) is 0 Å². The van der Waals surface area contributed by atoms with Crippen molar-refractivity contribution in [2.24, 2.45) is 0 Å². The molecular formula is C26H23O2P. The molecule has 144 valence electrons. The number of benzene rings is 4. The second-order valence-electron chi connectivity index (χ2n) is 8.22. The van der Waals surface area contributed by atoms with Gasteiger partial charge in [-0.1, -0.05) is 0 Å². The molecule has 0 fully saturated rings. The van der Waals surface area contributed by atoms with Crippen LogP contribution in [0.2, 0.25) is 0 Å². The molecule has 2 aliphatic heterocycles. The van der Waals surface area contributed by atoms with E-state index in [0.717, 1.165) is 22.3 Å². The first-order chi connectivity index (χ1) is 14.1. The van der Waals surface area contributed by atoms with Gasteiger partial charge in [0.15, 0.2) is 0 Å². The van der Waals surface area contributed by atoms with Crippen molar-refractivity contribution in [1.82, 2.24) is 0 Å². The minimum atomic E-state index is -3.26. The van der Waals surface area contributed by atoms with Crippen LogP contribution in [-0.2, 0) is 0 Å². The first kappa shape index (κ1) is 17.1. The van der Waals surface area contributed by atoms with Crippen LogP contribution in [0.15, 0.2) is 91.0 Å². The van der Waals surface area contributed by atoms with E-state index < -0.39 is 7.06 Å². The predicted octanol–water partition coefficient (Wildman–Crippen LogP) is 6.82. The number of hydrogen-bond acceptors (Lipinski definition) is 2. The zero-order valence-electron chi connectivity index (χ0n) is 16.6. The fraction of sp³-hybridized carbons (Fsp3) is 0.154. The molecule has 0 radical (unpaired) electrons. The Morgan fingerprint density at radius 3 is 1.45 bits per heavy atom.